The zero-order chi connectivity index (χ0) is 18.5. The Balaban J connectivity index is 1.69. The monoisotopic (exact) mass is 354 g/mol. The minimum Gasteiger partial charge on any atom is -0.356 e. The van der Waals surface area contributed by atoms with Crippen LogP contribution in [-0.2, 0) is 16.1 Å². The van der Waals surface area contributed by atoms with Crippen molar-refractivity contribution >= 4 is 11.8 Å². The van der Waals surface area contributed by atoms with Crippen LogP contribution < -0.4 is 5.32 Å². The zero-order valence-corrected chi connectivity index (χ0v) is 16.0. The average Bonchev–Trinajstić information content (AvgIpc) is 2.88. The molecule has 0 spiro atoms. The van der Waals surface area contributed by atoms with Gasteiger partial charge in [0.1, 0.15) is 0 Å². The lowest BCUT2D eigenvalue weighted by Gasteiger charge is -2.30. The van der Waals surface area contributed by atoms with Crippen LogP contribution >= 0.6 is 0 Å². The number of amides is 2. The number of fused-ring (bicyclic) bond motifs is 1. The molecule has 1 N–H and O–H groups in total. The average molecular weight is 354 g/mol. The van der Waals surface area contributed by atoms with Crippen LogP contribution in [0.15, 0.2) is 41.5 Å². The summed E-state index contributed by atoms with van der Waals surface area (Å²) < 4.78 is 0. The molecular formula is C22H30N2O2. The van der Waals surface area contributed by atoms with Gasteiger partial charge >= 0.3 is 0 Å². The molecule has 1 heterocycles. The molecule has 1 aliphatic heterocycles. The molecule has 1 atom stereocenters. The van der Waals surface area contributed by atoms with Crippen molar-refractivity contribution in [3.05, 3.63) is 47.0 Å². The van der Waals surface area contributed by atoms with E-state index in [1.807, 2.05) is 23.1 Å². The topological polar surface area (TPSA) is 49.4 Å². The van der Waals surface area contributed by atoms with Gasteiger partial charge in [0, 0.05) is 18.7 Å². The van der Waals surface area contributed by atoms with E-state index in [0.717, 1.165) is 43.2 Å². The molecule has 1 fully saturated rings. The molecule has 2 aliphatic rings. The van der Waals surface area contributed by atoms with Crippen molar-refractivity contribution in [3.8, 4) is 0 Å². The molecule has 4 nitrogen and oxygen atoms in total. The van der Waals surface area contributed by atoms with Crippen LogP contribution in [0.4, 0.5) is 0 Å². The Morgan fingerprint density at radius 3 is 2.73 bits per heavy atom. The van der Waals surface area contributed by atoms with E-state index in [0.29, 0.717) is 19.0 Å². The number of hydrogen-bond acceptors (Lipinski definition) is 2. The molecule has 3 rings (SSSR count). The molecule has 0 saturated heterocycles. The van der Waals surface area contributed by atoms with E-state index in [1.165, 1.54) is 5.57 Å². The number of carbonyl (C=O) groups excluding carboxylic acids is 2. The van der Waals surface area contributed by atoms with Crippen molar-refractivity contribution in [2.24, 2.45) is 5.92 Å². The van der Waals surface area contributed by atoms with E-state index in [4.69, 9.17) is 0 Å². The van der Waals surface area contributed by atoms with Crippen LogP contribution in [0.2, 0.25) is 0 Å². The fourth-order valence-electron chi connectivity index (χ4n) is 4.02. The third-order valence-electron chi connectivity index (χ3n) is 5.44. The van der Waals surface area contributed by atoms with Crippen molar-refractivity contribution in [1.29, 1.82) is 0 Å². The van der Waals surface area contributed by atoms with Gasteiger partial charge in [-0.05, 0) is 42.7 Å². The quantitative estimate of drug-likeness (QED) is 0.809. The summed E-state index contributed by atoms with van der Waals surface area (Å²) >= 11 is 0. The standard InChI is InChI=1S/C22H30N2O2/c1-16(2)12-13-23-21(25)14-19-18-10-6-7-11-20(18)24(22(19)26)15-17-8-4-3-5-9-17/h3-5,8-9,16,20H,6-7,10-15H2,1-2H3,(H,23,25). The highest BCUT2D eigenvalue weighted by Crippen LogP contribution is 2.38. The van der Waals surface area contributed by atoms with Gasteiger partial charge in [-0.3, -0.25) is 9.59 Å². The Hall–Kier alpha value is -2.10. The van der Waals surface area contributed by atoms with E-state index in [1.54, 1.807) is 0 Å². The molecule has 2 amide bonds. The molecule has 0 bridgehead atoms. The number of nitrogens with one attached hydrogen (secondary N) is 1. The molecule has 1 aliphatic carbocycles. The highest BCUT2D eigenvalue weighted by Gasteiger charge is 2.40. The largest absolute Gasteiger partial charge is 0.356 e. The third-order valence-corrected chi connectivity index (χ3v) is 5.44. The number of benzene rings is 1. The summed E-state index contributed by atoms with van der Waals surface area (Å²) in [6.45, 7) is 5.60. The van der Waals surface area contributed by atoms with Crippen LogP contribution in [0.3, 0.4) is 0 Å². The van der Waals surface area contributed by atoms with Crippen molar-refractivity contribution in [2.75, 3.05) is 6.54 Å². The molecule has 1 saturated carbocycles. The van der Waals surface area contributed by atoms with Gasteiger partial charge in [-0.2, -0.15) is 0 Å². The van der Waals surface area contributed by atoms with Crippen molar-refractivity contribution in [3.63, 3.8) is 0 Å². The van der Waals surface area contributed by atoms with Crippen LogP contribution in [0.25, 0.3) is 0 Å². The minimum atomic E-state index is -0.0209. The second-order valence-corrected chi connectivity index (χ2v) is 7.89. The van der Waals surface area contributed by atoms with Crippen molar-refractivity contribution in [1.82, 2.24) is 10.2 Å². The second kappa shape index (κ2) is 8.52. The molecular weight excluding hydrogens is 324 g/mol. The summed E-state index contributed by atoms with van der Waals surface area (Å²) in [5.74, 6) is 0.608. The Morgan fingerprint density at radius 1 is 1.23 bits per heavy atom. The van der Waals surface area contributed by atoms with Gasteiger partial charge in [0.15, 0.2) is 0 Å². The predicted molar refractivity (Wildman–Crippen MR) is 103 cm³/mol. The highest BCUT2D eigenvalue weighted by molar-refractivity contribution is 6.02. The van der Waals surface area contributed by atoms with Crippen LogP contribution in [0.5, 0.6) is 0 Å². The first-order valence-electron chi connectivity index (χ1n) is 9.89. The predicted octanol–water partition coefficient (Wildman–Crippen LogP) is 3.82. The molecule has 0 radical (unpaired) electrons. The van der Waals surface area contributed by atoms with E-state index in [-0.39, 0.29) is 24.3 Å². The Kier molecular flexibility index (Phi) is 6.12. The van der Waals surface area contributed by atoms with Gasteiger partial charge in [-0.25, -0.2) is 0 Å². The number of carbonyl (C=O) groups is 2. The molecule has 0 aromatic heterocycles. The van der Waals surface area contributed by atoms with Gasteiger partial charge < -0.3 is 10.2 Å². The first-order valence-corrected chi connectivity index (χ1v) is 9.89. The van der Waals surface area contributed by atoms with Gasteiger partial charge in [-0.15, -0.1) is 0 Å². The van der Waals surface area contributed by atoms with Crippen LogP contribution in [0.1, 0.15) is 57.9 Å². The fourth-order valence-corrected chi connectivity index (χ4v) is 4.02. The van der Waals surface area contributed by atoms with Gasteiger partial charge in [0.05, 0.1) is 12.5 Å². The first-order chi connectivity index (χ1) is 12.6. The number of hydrogen-bond donors (Lipinski definition) is 1. The smallest absolute Gasteiger partial charge is 0.251 e. The minimum absolute atomic E-state index is 0.0209. The third kappa shape index (κ3) is 4.35. The number of nitrogens with zero attached hydrogens (tertiary/aromatic N) is 1. The van der Waals surface area contributed by atoms with Crippen LogP contribution in [-0.4, -0.2) is 29.3 Å². The lowest BCUT2D eigenvalue weighted by atomic mass is 9.88. The van der Waals surface area contributed by atoms with E-state index in [9.17, 15) is 9.59 Å². The lowest BCUT2D eigenvalue weighted by Crippen LogP contribution is -2.36. The number of rotatable bonds is 7. The maximum Gasteiger partial charge on any atom is 0.251 e. The molecule has 26 heavy (non-hydrogen) atoms. The van der Waals surface area contributed by atoms with E-state index >= 15 is 0 Å². The summed E-state index contributed by atoms with van der Waals surface area (Å²) in [7, 11) is 0. The lowest BCUT2D eigenvalue weighted by molar-refractivity contribution is -0.129. The van der Waals surface area contributed by atoms with E-state index in [2.05, 4.69) is 31.3 Å². The maximum atomic E-state index is 13.1. The molecule has 1 aromatic rings. The Labute approximate surface area is 156 Å². The maximum absolute atomic E-state index is 13.1. The molecule has 140 valence electrons. The summed E-state index contributed by atoms with van der Waals surface area (Å²) in [6, 6.07) is 10.3. The molecule has 1 aromatic carbocycles. The summed E-state index contributed by atoms with van der Waals surface area (Å²) in [4.78, 5) is 27.4. The fraction of sp³-hybridized carbons (Fsp3) is 0.545. The summed E-state index contributed by atoms with van der Waals surface area (Å²) in [5.41, 5.74) is 3.12. The van der Waals surface area contributed by atoms with Gasteiger partial charge in [0.25, 0.3) is 5.91 Å². The van der Waals surface area contributed by atoms with E-state index < -0.39 is 0 Å². The van der Waals surface area contributed by atoms with Crippen molar-refractivity contribution < 1.29 is 9.59 Å². The normalized spacial score (nSPS) is 19.9. The summed E-state index contributed by atoms with van der Waals surface area (Å²) in [6.07, 6.45) is 5.45. The second-order valence-electron chi connectivity index (χ2n) is 7.89. The van der Waals surface area contributed by atoms with Crippen LogP contribution in [0, 0.1) is 5.92 Å². The molecule has 4 heteroatoms. The highest BCUT2D eigenvalue weighted by atomic mass is 16.2. The van der Waals surface area contributed by atoms with Crippen molar-refractivity contribution in [2.45, 2.75) is 65.0 Å². The van der Waals surface area contributed by atoms with Gasteiger partial charge in [0.2, 0.25) is 5.91 Å². The zero-order valence-electron chi connectivity index (χ0n) is 16.0. The van der Waals surface area contributed by atoms with Gasteiger partial charge in [-0.1, -0.05) is 50.6 Å². The Morgan fingerprint density at radius 2 is 2.00 bits per heavy atom. The SMILES string of the molecule is CC(C)CCNC(=O)CC1=C2CCCCC2N(Cc2ccccc2)C1=O. The first kappa shape index (κ1) is 18.7. The molecule has 1 unspecified atom stereocenters. The Bertz CT molecular complexity index is 679. The summed E-state index contributed by atoms with van der Waals surface area (Å²) in [5, 5.41) is 2.98.